The SMILES string of the molecule is C/C=C/C(=O)N(CC(=O)O)NC(=O)[C@@H](NC(=O)[C@@H](NC(=O)c1ccc(N)c(Cl)c1)C(C)(C)C)c1ccccc1. The van der Waals surface area contributed by atoms with Crippen molar-refractivity contribution in [3.8, 4) is 0 Å². The summed E-state index contributed by atoms with van der Waals surface area (Å²) in [7, 11) is 0. The van der Waals surface area contributed by atoms with Crippen molar-refractivity contribution >= 4 is 46.9 Å². The number of benzene rings is 2. The Kier molecular flexibility index (Phi) is 10.6. The van der Waals surface area contributed by atoms with E-state index in [2.05, 4.69) is 16.1 Å². The van der Waals surface area contributed by atoms with Crippen LogP contribution in [-0.4, -0.2) is 52.3 Å². The van der Waals surface area contributed by atoms with Crippen molar-refractivity contribution in [3.63, 3.8) is 0 Å². The highest BCUT2D eigenvalue weighted by atomic mass is 35.5. The number of hydrazine groups is 1. The number of anilines is 1. The number of carboxylic acid groups (broad SMARTS) is 1. The van der Waals surface area contributed by atoms with Crippen LogP contribution in [0.2, 0.25) is 5.02 Å². The van der Waals surface area contributed by atoms with Crippen molar-refractivity contribution in [2.24, 2.45) is 5.41 Å². The molecule has 4 amide bonds. The first-order chi connectivity index (χ1) is 18.2. The molecule has 2 aromatic carbocycles. The molecule has 39 heavy (non-hydrogen) atoms. The van der Waals surface area contributed by atoms with Gasteiger partial charge in [0.1, 0.15) is 18.6 Å². The molecular formula is C27H32ClN5O6. The van der Waals surface area contributed by atoms with Crippen LogP contribution in [0.5, 0.6) is 0 Å². The first-order valence-electron chi connectivity index (χ1n) is 11.9. The van der Waals surface area contributed by atoms with E-state index >= 15 is 0 Å². The van der Waals surface area contributed by atoms with Gasteiger partial charge in [-0.25, -0.2) is 5.01 Å². The second-order valence-electron chi connectivity index (χ2n) is 9.66. The number of nitrogens with one attached hydrogen (secondary N) is 3. The maximum atomic E-state index is 13.5. The Labute approximate surface area is 231 Å². The van der Waals surface area contributed by atoms with Crippen LogP contribution >= 0.6 is 11.6 Å². The number of nitrogen functional groups attached to an aromatic ring is 1. The first-order valence-corrected chi connectivity index (χ1v) is 12.3. The number of hydrogen-bond donors (Lipinski definition) is 5. The minimum Gasteiger partial charge on any atom is -0.480 e. The van der Waals surface area contributed by atoms with E-state index in [1.807, 2.05) is 0 Å². The number of nitrogens with two attached hydrogens (primary N) is 1. The van der Waals surface area contributed by atoms with Gasteiger partial charge in [0.15, 0.2) is 0 Å². The van der Waals surface area contributed by atoms with E-state index in [1.165, 1.54) is 24.3 Å². The van der Waals surface area contributed by atoms with E-state index in [-0.39, 0.29) is 10.6 Å². The number of amides is 4. The largest absolute Gasteiger partial charge is 0.480 e. The fourth-order valence-electron chi connectivity index (χ4n) is 3.47. The van der Waals surface area contributed by atoms with Crippen molar-refractivity contribution in [3.05, 3.63) is 76.8 Å². The predicted molar refractivity (Wildman–Crippen MR) is 146 cm³/mol. The minimum atomic E-state index is -1.35. The smallest absolute Gasteiger partial charge is 0.325 e. The number of aliphatic carboxylic acids is 1. The summed E-state index contributed by atoms with van der Waals surface area (Å²) in [6.07, 6.45) is 2.48. The molecule has 0 aliphatic carbocycles. The van der Waals surface area contributed by atoms with Gasteiger partial charge in [-0.1, -0.05) is 68.8 Å². The highest BCUT2D eigenvalue weighted by Gasteiger charge is 2.36. The Hall–Kier alpha value is -4.38. The molecule has 2 aromatic rings. The molecule has 6 N–H and O–H groups in total. The van der Waals surface area contributed by atoms with Crippen LogP contribution in [0.15, 0.2) is 60.7 Å². The van der Waals surface area contributed by atoms with Gasteiger partial charge in [-0.05, 0) is 36.1 Å². The molecule has 2 atom stereocenters. The molecule has 0 saturated carbocycles. The average molecular weight is 558 g/mol. The van der Waals surface area contributed by atoms with Gasteiger partial charge in [0.05, 0.1) is 10.7 Å². The Morgan fingerprint density at radius 1 is 1.03 bits per heavy atom. The molecule has 0 radical (unpaired) electrons. The van der Waals surface area contributed by atoms with Crippen LogP contribution in [0.4, 0.5) is 5.69 Å². The van der Waals surface area contributed by atoms with Crippen LogP contribution in [-0.2, 0) is 19.2 Å². The van der Waals surface area contributed by atoms with E-state index in [0.717, 1.165) is 6.08 Å². The maximum absolute atomic E-state index is 13.5. The third-order valence-electron chi connectivity index (χ3n) is 5.46. The number of halogens is 1. The second kappa shape index (κ2) is 13.4. The van der Waals surface area contributed by atoms with Gasteiger partial charge >= 0.3 is 5.97 Å². The van der Waals surface area contributed by atoms with E-state index in [4.69, 9.17) is 17.3 Å². The third kappa shape index (κ3) is 8.85. The highest BCUT2D eigenvalue weighted by molar-refractivity contribution is 6.33. The summed E-state index contributed by atoms with van der Waals surface area (Å²) in [5.74, 6) is -4.26. The summed E-state index contributed by atoms with van der Waals surface area (Å²) >= 11 is 6.04. The molecule has 12 heteroatoms. The van der Waals surface area contributed by atoms with Crippen LogP contribution in [0, 0.1) is 5.41 Å². The van der Waals surface area contributed by atoms with Crippen LogP contribution in [0.25, 0.3) is 0 Å². The van der Waals surface area contributed by atoms with E-state index in [0.29, 0.717) is 16.3 Å². The molecule has 0 aliphatic heterocycles. The van der Waals surface area contributed by atoms with E-state index in [1.54, 1.807) is 58.0 Å². The predicted octanol–water partition coefficient (Wildman–Crippen LogP) is 2.44. The van der Waals surface area contributed by atoms with Gasteiger partial charge in [-0.2, -0.15) is 0 Å². The van der Waals surface area contributed by atoms with Crippen molar-refractivity contribution in [1.29, 1.82) is 0 Å². The standard InChI is InChI=1S/C27H32ClN5O6/c1-5-9-20(34)33(15-21(35)36)32-25(38)22(16-10-7-6-8-11-16)30-26(39)23(27(2,3)4)31-24(37)17-12-13-19(29)18(28)14-17/h5-14,22-23H,15,29H2,1-4H3,(H,30,39)(H,31,37)(H,32,38)(H,35,36)/b9-5+/t22-,23+/m0/s1. The lowest BCUT2D eigenvalue weighted by Crippen LogP contribution is -2.57. The third-order valence-corrected chi connectivity index (χ3v) is 5.79. The molecule has 2 rings (SSSR count). The number of carbonyl (C=O) groups excluding carboxylic acids is 4. The Morgan fingerprint density at radius 2 is 1.67 bits per heavy atom. The van der Waals surface area contributed by atoms with Crippen molar-refractivity contribution in [1.82, 2.24) is 21.1 Å². The molecule has 0 aliphatic rings. The molecule has 11 nitrogen and oxygen atoms in total. The lowest BCUT2D eigenvalue weighted by molar-refractivity contribution is -0.148. The molecule has 0 heterocycles. The summed E-state index contributed by atoms with van der Waals surface area (Å²) < 4.78 is 0. The number of carboxylic acids is 1. The molecule has 0 bridgehead atoms. The molecule has 0 aromatic heterocycles. The van der Waals surface area contributed by atoms with Gasteiger partial charge in [0, 0.05) is 11.6 Å². The van der Waals surface area contributed by atoms with Gasteiger partial charge in [-0.3, -0.25) is 29.4 Å². The Balaban J connectivity index is 2.36. The van der Waals surface area contributed by atoms with Gasteiger partial charge < -0.3 is 21.5 Å². The lowest BCUT2D eigenvalue weighted by atomic mass is 9.85. The van der Waals surface area contributed by atoms with Crippen molar-refractivity contribution in [2.75, 3.05) is 12.3 Å². The number of nitrogens with zero attached hydrogens (tertiary/aromatic N) is 1. The Bertz CT molecular complexity index is 1260. The van der Waals surface area contributed by atoms with Gasteiger partial charge in [0.2, 0.25) is 5.91 Å². The summed E-state index contributed by atoms with van der Waals surface area (Å²) in [4.78, 5) is 63.4. The topological polar surface area (TPSA) is 171 Å². The van der Waals surface area contributed by atoms with E-state index < -0.39 is 53.6 Å². The summed E-state index contributed by atoms with van der Waals surface area (Å²) in [6.45, 7) is 5.94. The van der Waals surface area contributed by atoms with Crippen molar-refractivity contribution in [2.45, 2.75) is 39.8 Å². The highest BCUT2D eigenvalue weighted by Crippen LogP contribution is 2.24. The average Bonchev–Trinajstić information content (AvgIpc) is 2.86. The molecule has 0 unspecified atom stereocenters. The van der Waals surface area contributed by atoms with Gasteiger partial charge in [-0.15, -0.1) is 0 Å². The lowest BCUT2D eigenvalue weighted by Gasteiger charge is -2.32. The van der Waals surface area contributed by atoms with Crippen LogP contribution in [0.1, 0.15) is 49.7 Å². The number of carbonyl (C=O) groups is 5. The number of allylic oxidation sites excluding steroid dienone is 1. The molecule has 208 valence electrons. The summed E-state index contributed by atoms with van der Waals surface area (Å²) in [6, 6.07) is 10.0. The quantitative estimate of drug-likeness (QED) is 0.179. The summed E-state index contributed by atoms with van der Waals surface area (Å²) in [5.41, 5.74) is 8.03. The fourth-order valence-corrected chi connectivity index (χ4v) is 3.65. The van der Waals surface area contributed by atoms with Crippen LogP contribution in [0.3, 0.4) is 0 Å². The minimum absolute atomic E-state index is 0.179. The molecule has 0 spiro atoms. The fraction of sp³-hybridized carbons (Fsp3) is 0.296. The molecule has 0 fully saturated rings. The van der Waals surface area contributed by atoms with E-state index in [9.17, 15) is 29.1 Å². The zero-order valence-electron chi connectivity index (χ0n) is 22.0. The second-order valence-corrected chi connectivity index (χ2v) is 10.1. The van der Waals surface area contributed by atoms with Gasteiger partial charge in [0.25, 0.3) is 17.7 Å². The van der Waals surface area contributed by atoms with Crippen molar-refractivity contribution < 1.29 is 29.1 Å². The molecule has 0 saturated heterocycles. The summed E-state index contributed by atoms with van der Waals surface area (Å²) in [5, 5.41) is 15.3. The first kappa shape index (κ1) is 30.8. The Morgan fingerprint density at radius 3 is 2.21 bits per heavy atom. The zero-order chi connectivity index (χ0) is 29.3. The maximum Gasteiger partial charge on any atom is 0.325 e. The normalized spacial score (nSPS) is 12.7. The molecular weight excluding hydrogens is 526 g/mol. The number of hydrogen-bond acceptors (Lipinski definition) is 6. The number of rotatable bonds is 9. The zero-order valence-corrected chi connectivity index (χ0v) is 22.8. The van der Waals surface area contributed by atoms with Crippen LogP contribution < -0.4 is 21.8 Å². The monoisotopic (exact) mass is 557 g/mol.